The molecule has 0 aliphatic rings. The normalized spacial score (nSPS) is 11.0. The molecule has 2 aromatic rings. The molecule has 0 aliphatic heterocycles. The van der Waals surface area contributed by atoms with Crippen molar-refractivity contribution in [3.8, 4) is 5.75 Å². The van der Waals surface area contributed by atoms with Crippen LogP contribution in [0.3, 0.4) is 0 Å². The van der Waals surface area contributed by atoms with Crippen LogP contribution in [0.2, 0.25) is 5.02 Å². The van der Waals surface area contributed by atoms with Gasteiger partial charge in [0.05, 0.1) is 11.1 Å². The largest absolute Gasteiger partial charge is 0.480 e. The van der Waals surface area contributed by atoms with Gasteiger partial charge in [-0.2, -0.15) is 0 Å². The van der Waals surface area contributed by atoms with Crippen LogP contribution in [0.5, 0.6) is 5.75 Å². The van der Waals surface area contributed by atoms with Crippen LogP contribution in [0.1, 0.15) is 32.8 Å². The molecule has 0 atom stereocenters. The van der Waals surface area contributed by atoms with E-state index in [9.17, 15) is 9.59 Å². The van der Waals surface area contributed by atoms with Crippen molar-refractivity contribution in [3.05, 3.63) is 39.2 Å². The Kier molecular flexibility index (Phi) is 5.66. The first kappa shape index (κ1) is 17.3. The molecule has 0 radical (unpaired) electrons. The molecule has 0 saturated carbocycles. The number of carbonyl (C=O) groups is 1. The summed E-state index contributed by atoms with van der Waals surface area (Å²) in [6.07, 6.45) is 1.43. The molecule has 0 spiro atoms. The first-order chi connectivity index (χ1) is 10.9. The standard InChI is InChI=1S/C17H19ClO5/c1-4-5-11-6-16(19)23-14-8-15(13(18)7-12(11)14)21-9-17(20)22-10(2)3/h6-8,10H,4-5,9H2,1-3H3. The number of carbonyl (C=O) groups excluding carboxylic acids is 1. The predicted molar refractivity (Wildman–Crippen MR) is 88.2 cm³/mol. The van der Waals surface area contributed by atoms with Gasteiger partial charge in [-0.15, -0.1) is 0 Å². The second-order valence-corrected chi connectivity index (χ2v) is 5.85. The van der Waals surface area contributed by atoms with Gasteiger partial charge in [-0.3, -0.25) is 0 Å². The van der Waals surface area contributed by atoms with Crippen LogP contribution in [-0.2, 0) is 16.0 Å². The number of fused-ring (bicyclic) bond motifs is 1. The van der Waals surface area contributed by atoms with Gasteiger partial charge >= 0.3 is 11.6 Å². The first-order valence-corrected chi connectivity index (χ1v) is 7.87. The van der Waals surface area contributed by atoms with E-state index in [0.29, 0.717) is 10.6 Å². The summed E-state index contributed by atoms with van der Waals surface area (Å²) in [6, 6.07) is 4.69. The fourth-order valence-electron chi connectivity index (χ4n) is 2.25. The monoisotopic (exact) mass is 338 g/mol. The van der Waals surface area contributed by atoms with Crippen LogP contribution in [0.25, 0.3) is 11.0 Å². The minimum atomic E-state index is -0.489. The van der Waals surface area contributed by atoms with Gasteiger partial charge in [-0.1, -0.05) is 24.9 Å². The van der Waals surface area contributed by atoms with E-state index in [4.69, 9.17) is 25.5 Å². The molecule has 124 valence electrons. The molecule has 1 aromatic heterocycles. The highest BCUT2D eigenvalue weighted by molar-refractivity contribution is 6.32. The van der Waals surface area contributed by atoms with Crippen LogP contribution in [0.4, 0.5) is 0 Å². The van der Waals surface area contributed by atoms with Gasteiger partial charge in [0.2, 0.25) is 0 Å². The Morgan fingerprint density at radius 1 is 1.30 bits per heavy atom. The van der Waals surface area contributed by atoms with Crippen molar-refractivity contribution in [2.24, 2.45) is 0 Å². The lowest BCUT2D eigenvalue weighted by atomic mass is 10.1. The molecular weight excluding hydrogens is 320 g/mol. The second-order valence-electron chi connectivity index (χ2n) is 5.45. The molecule has 0 unspecified atom stereocenters. The molecule has 2 rings (SSSR count). The number of halogens is 1. The third-order valence-electron chi connectivity index (χ3n) is 3.11. The molecule has 0 bridgehead atoms. The lowest BCUT2D eigenvalue weighted by Crippen LogP contribution is -2.18. The van der Waals surface area contributed by atoms with Crippen LogP contribution in [0.15, 0.2) is 27.4 Å². The summed E-state index contributed by atoms with van der Waals surface area (Å²) < 4.78 is 15.6. The third-order valence-corrected chi connectivity index (χ3v) is 3.41. The van der Waals surface area contributed by atoms with Crippen LogP contribution < -0.4 is 10.4 Å². The topological polar surface area (TPSA) is 65.7 Å². The van der Waals surface area contributed by atoms with E-state index in [1.165, 1.54) is 12.1 Å². The van der Waals surface area contributed by atoms with E-state index in [2.05, 4.69) is 0 Å². The number of esters is 1. The summed E-state index contributed by atoms with van der Waals surface area (Å²) in [5.41, 5.74) is 0.845. The molecular formula is C17H19ClO5. The smallest absolute Gasteiger partial charge is 0.344 e. The Labute approximate surface area is 139 Å². The minimum Gasteiger partial charge on any atom is -0.480 e. The average Bonchev–Trinajstić information content (AvgIpc) is 2.45. The van der Waals surface area contributed by atoms with E-state index in [0.717, 1.165) is 23.8 Å². The van der Waals surface area contributed by atoms with Crippen molar-refractivity contribution in [1.29, 1.82) is 0 Å². The highest BCUT2D eigenvalue weighted by Crippen LogP contribution is 2.31. The predicted octanol–water partition coefficient (Wildman–Crippen LogP) is 3.73. The molecule has 5 nitrogen and oxygen atoms in total. The number of rotatable bonds is 6. The van der Waals surface area contributed by atoms with Gasteiger partial charge in [-0.05, 0) is 31.9 Å². The van der Waals surface area contributed by atoms with Crippen molar-refractivity contribution >= 4 is 28.5 Å². The average molecular weight is 339 g/mol. The summed E-state index contributed by atoms with van der Waals surface area (Å²) in [7, 11) is 0. The van der Waals surface area contributed by atoms with E-state index in [1.807, 2.05) is 6.92 Å². The number of ether oxygens (including phenoxy) is 2. The second kappa shape index (κ2) is 7.51. The molecule has 0 N–H and O–H groups in total. The minimum absolute atomic E-state index is 0.215. The highest BCUT2D eigenvalue weighted by atomic mass is 35.5. The zero-order chi connectivity index (χ0) is 17.0. The fourth-order valence-corrected chi connectivity index (χ4v) is 2.47. The molecule has 1 aromatic carbocycles. The van der Waals surface area contributed by atoms with Crippen LogP contribution in [0, 0.1) is 0 Å². The zero-order valence-corrected chi connectivity index (χ0v) is 14.1. The third kappa shape index (κ3) is 4.48. The maximum Gasteiger partial charge on any atom is 0.344 e. The Balaban J connectivity index is 2.30. The maximum absolute atomic E-state index is 11.6. The van der Waals surface area contributed by atoms with Crippen molar-refractivity contribution in [2.45, 2.75) is 39.7 Å². The van der Waals surface area contributed by atoms with Gasteiger partial charge < -0.3 is 13.9 Å². The Morgan fingerprint density at radius 2 is 2.04 bits per heavy atom. The van der Waals surface area contributed by atoms with E-state index >= 15 is 0 Å². The number of hydrogen-bond acceptors (Lipinski definition) is 5. The summed E-state index contributed by atoms with van der Waals surface area (Å²) >= 11 is 6.21. The van der Waals surface area contributed by atoms with E-state index in [-0.39, 0.29) is 18.5 Å². The Hall–Kier alpha value is -2.01. The Morgan fingerprint density at radius 3 is 2.70 bits per heavy atom. The maximum atomic E-state index is 11.6. The lowest BCUT2D eigenvalue weighted by molar-refractivity contribution is -0.149. The van der Waals surface area contributed by atoms with Crippen molar-refractivity contribution in [1.82, 2.24) is 0 Å². The van der Waals surface area contributed by atoms with Gasteiger partial charge in [0, 0.05) is 17.5 Å². The fraction of sp³-hybridized carbons (Fsp3) is 0.412. The molecule has 23 heavy (non-hydrogen) atoms. The van der Waals surface area contributed by atoms with Crippen molar-refractivity contribution in [2.75, 3.05) is 6.61 Å². The first-order valence-electron chi connectivity index (χ1n) is 7.49. The summed E-state index contributed by atoms with van der Waals surface area (Å²) in [5, 5.41) is 1.12. The molecule has 0 fully saturated rings. The molecule has 6 heteroatoms. The quantitative estimate of drug-likeness (QED) is 0.593. The van der Waals surface area contributed by atoms with Gasteiger partial charge in [0.25, 0.3) is 0 Å². The summed E-state index contributed by atoms with van der Waals surface area (Å²) in [5.74, 6) is -0.214. The van der Waals surface area contributed by atoms with Gasteiger partial charge in [0.1, 0.15) is 11.3 Å². The highest BCUT2D eigenvalue weighted by Gasteiger charge is 2.13. The molecule has 1 heterocycles. The summed E-state index contributed by atoms with van der Waals surface area (Å²) in [6.45, 7) is 5.28. The molecule has 0 aliphatic carbocycles. The van der Waals surface area contributed by atoms with Crippen molar-refractivity contribution in [3.63, 3.8) is 0 Å². The van der Waals surface area contributed by atoms with Crippen molar-refractivity contribution < 1.29 is 18.7 Å². The summed E-state index contributed by atoms with van der Waals surface area (Å²) in [4.78, 5) is 23.2. The SMILES string of the molecule is CCCc1cc(=O)oc2cc(OCC(=O)OC(C)C)c(Cl)cc12. The number of hydrogen-bond donors (Lipinski definition) is 0. The lowest BCUT2D eigenvalue weighted by Gasteiger charge is -2.11. The van der Waals surface area contributed by atoms with Crippen LogP contribution in [-0.4, -0.2) is 18.7 Å². The molecule has 0 saturated heterocycles. The van der Waals surface area contributed by atoms with Gasteiger partial charge in [-0.25, -0.2) is 9.59 Å². The van der Waals surface area contributed by atoms with Crippen LogP contribution >= 0.6 is 11.6 Å². The molecule has 0 amide bonds. The van der Waals surface area contributed by atoms with E-state index < -0.39 is 11.6 Å². The number of aryl methyl sites for hydroxylation is 1. The van der Waals surface area contributed by atoms with E-state index in [1.54, 1.807) is 19.9 Å². The van der Waals surface area contributed by atoms with Gasteiger partial charge in [0.15, 0.2) is 6.61 Å². The Bertz CT molecular complexity index is 763. The number of benzene rings is 1. The zero-order valence-electron chi connectivity index (χ0n) is 13.3.